The minimum Gasteiger partial charge on any atom is -0.482 e. The molecule has 2 aromatic carbocycles. The lowest BCUT2D eigenvalue weighted by atomic mass is 9.98. The lowest BCUT2D eigenvalue weighted by Gasteiger charge is -2.19. The number of fused-ring (bicyclic) bond motifs is 1. The second-order valence-electron chi connectivity index (χ2n) is 7.69. The van der Waals surface area contributed by atoms with Crippen molar-refractivity contribution in [1.29, 1.82) is 0 Å². The minimum absolute atomic E-state index is 0.0678. The molecule has 0 bridgehead atoms. The van der Waals surface area contributed by atoms with E-state index in [1.807, 2.05) is 12.1 Å². The molecule has 7 heteroatoms. The van der Waals surface area contributed by atoms with Crippen LogP contribution in [0.15, 0.2) is 42.6 Å². The minimum atomic E-state index is -0.626. The van der Waals surface area contributed by atoms with E-state index in [9.17, 15) is 4.39 Å². The lowest BCUT2D eigenvalue weighted by Crippen LogP contribution is -2.22. The molecule has 4 rings (SSSR count). The molecule has 3 aromatic rings. The largest absolute Gasteiger partial charge is 0.482 e. The van der Waals surface area contributed by atoms with Gasteiger partial charge in [-0.3, -0.25) is 0 Å². The molecule has 0 fully saturated rings. The zero-order valence-electron chi connectivity index (χ0n) is 16.6. The van der Waals surface area contributed by atoms with Crippen LogP contribution < -0.4 is 16.2 Å². The number of hydrogen-bond acceptors (Lipinski definition) is 4. The van der Waals surface area contributed by atoms with E-state index in [4.69, 9.17) is 39.4 Å². The van der Waals surface area contributed by atoms with Gasteiger partial charge in [-0.15, -0.1) is 0 Å². The summed E-state index contributed by atoms with van der Waals surface area (Å²) in [7, 11) is 0. The van der Waals surface area contributed by atoms with Gasteiger partial charge in [-0.05, 0) is 54.2 Å². The van der Waals surface area contributed by atoms with Crippen LogP contribution >= 0.6 is 23.2 Å². The summed E-state index contributed by atoms with van der Waals surface area (Å²) in [6.07, 6.45) is 1.93. The number of rotatable bonds is 4. The standard InChI is InChI=1S/C23H22Cl2FN3O/c1-11-16-4-3-13(7-14(16)8-19(11)27)15-9-20(23(28)29-10-15)30-12(2)21-17(24)5-6-18(26)22(21)25/h3-7,9-12,19H,8,27H2,1-2H3,(H2,28,29)/t11?,12-,19?/m1/s1. The zero-order valence-corrected chi connectivity index (χ0v) is 18.1. The Balaban J connectivity index is 1.65. The summed E-state index contributed by atoms with van der Waals surface area (Å²) in [5.41, 5.74) is 17.0. The number of anilines is 1. The van der Waals surface area contributed by atoms with Crippen LogP contribution in [0.3, 0.4) is 0 Å². The number of nitrogens with zero attached hydrogens (tertiary/aromatic N) is 1. The smallest absolute Gasteiger partial charge is 0.166 e. The van der Waals surface area contributed by atoms with Crippen LogP contribution in [0.2, 0.25) is 10.0 Å². The summed E-state index contributed by atoms with van der Waals surface area (Å²) in [5.74, 6) is 0.393. The van der Waals surface area contributed by atoms with E-state index in [1.54, 1.807) is 13.1 Å². The van der Waals surface area contributed by atoms with Gasteiger partial charge in [-0.1, -0.05) is 48.3 Å². The Bertz CT molecular complexity index is 1120. The van der Waals surface area contributed by atoms with Gasteiger partial charge in [0.15, 0.2) is 11.6 Å². The van der Waals surface area contributed by atoms with Crippen molar-refractivity contribution in [3.05, 3.63) is 75.1 Å². The van der Waals surface area contributed by atoms with Gasteiger partial charge >= 0.3 is 0 Å². The Morgan fingerprint density at radius 2 is 1.93 bits per heavy atom. The van der Waals surface area contributed by atoms with Gasteiger partial charge in [0.2, 0.25) is 0 Å². The van der Waals surface area contributed by atoms with E-state index < -0.39 is 11.9 Å². The van der Waals surface area contributed by atoms with E-state index in [0.29, 0.717) is 22.3 Å². The van der Waals surface area contributed by atoms with Gasteiger partial charge in [0.25, 0.3) is 0 Å². The molecule has 0 radical (unpaired) electrons. The van der Waals surface area contributed by atoms with Crippen molar-refractivity contribution in [1.82, 2.24) is 4.98 Å². The number of halogens is 3. The lowest BCUT2D eigenvalue weighted by molar-refractivity contribution is 0.227. The third-order valence-electron chi connectivity index (χ3n) is 5.74. The van der Waals surface area contributed by atoms with Crippen molar-refractivity contribution in [2.45, 2.75) is 38.3 Å². The van der Waals surface area contributed by atoms with Crippen molar-refractivity contribution in [3.63, 3.8) is 0 Å². The monoisotopic (exact) mass is 445 g/mol. The van der Waals surface area contributed by atoms with Gasteiger partial charge in [0.1, 0.15) is 11.9 Å². The molecule has 0 saturated heterocycles. The van der Waals surface area contributed by atoms with Gasteiger partial charge in [-0.25, -0.2) is 9.37 Å². The van der Waals surface area contributed by atoms with Crippen LogP contribution in [0.1, 0.15) is 42.6 Å². The molecule has 4 nitrogen and oxygen atoms in total. The summed E-state index contributed by atoms with van der Waals surface area (Å²) in [4.78, 5) is 4.28. The predicted molar refractivity (Wildman–Crippen MR) is 120 cm³/mol. The Kier molecular flexibility index (Phi) is 5.62. The van der Waals surface area contributed by atoms with Gasteiger partial charge in [0.05, 0.1) is 5.02 Å². The highest BCUT2D eigenvalue weighted by Gasteiger charge is 2.26. The highest BCUT2D eigenvalue weighted by Crippen LogP contribution is 2.38. The van der Waals surface area contributed by atoms with Gasteiger partial charge in [0, 0.05) is 28.4 Å². The summed E-state index contributed by atoms with van der Waals surface area (Å²) < 4.78 is 19.9. The Labute approximate surface area is 185 Å². The number of pyridine rings is 1. The highest BCUT2D eigenvalue weighted by atomic mass is 35.5. The highest BCUT2D eigenvalue weighted by molar-refractivity contribution is 6.36. The number of hydrogen-bond donors (Lipinski definition) is 2. The molecule has 0 saturated carbocycles. The molecule has 1 aliphatic carbocycles. The Hall–Kier alpha value is -2.34. The van der Waals surface area contributed by atoms with E-state index >= 15 is 0 Å². The maximum absolute atomic E-state index is 13.9. The van der Waals surface area contributed by atoms with Crippen molar-refractivity contribution in [3.8, 4) is 16.9 Å². The van der Waals surface area contributed by atoms with Crippen molar-refractivity contribution in [2.75, 3.05) is 5.73 Å². The number of nitrogens with two attached hydrogens (primary N) is 2. The molecule has 1 aromatic heterocycles. The molecule has 0 amide bonds. The molecule has 3 atom stereocenters. The summed E-state index contributed by atoms with van der Waals surface area (Å²) in [6.45, 7) is 3.88. The molecule has 1 aliphatic rings. The zero-order chi connectivity index (χ0) is 21.6. The third kappa shape index (κ3) is 3.73. The molecule has 4 N–H and O–H groups in total. The first kappa shape index (κ1) is 20.9. The fourth-order valence-corrected chi connectivity index (χ4v) is 4.62. The van der Waals surface area contributed by atoms with E-state index in [1.165, 1.54) is 23.3 Å². The maximum Gasteiger partial charge on any atom is 0.166 e. The number of nitrogen functional groups attached to an aromatic ring is 1. The predicted octanol–water partition coefficient (Wildman–Crippen LogP) is 5.90. The number of ether oxygens (including phenoxy) is 1. The van der Waals surface area contributed by atoms with Gasteiger partial charge in [-0.2, -0.15) is 0 Å². The number of benzene rings is 2. The topological polar surface area (TPSA) is 74.2 Å². The van der Waals surface area contributed by atoms with Crippen LogP contribution in [-0.2, 0) is 6.42 Å². The second-order valence-corrected chi connectivity index (χ2v) is 8.48. The summed E-state index contributed by atoms with van der Waals surface area (Å²) >= 11 is 12.3. The first-order valence-corrected chi connectivity index (χ1v) is 10.5. The van der Waals surface area contributed by atoms with Crippen molar-refractivity contribution >= 4 is 29.0 Å². The van der Waals surface area contributed by atoms with Crippen LogP contribution in [-0.4, -0.2) is 11.0 Å². The molecular weight excluding hydrogens is 424 g/mol. The molecule has 0 spiro atoms. The van der Waals surface area contributed by atoms with Crippen LogP contribution in [0.4, 0.5) is 10.2 Å². The van der Waals surface area contributed by atoms with Crippen LogP contribution in [0.25, 0.3) is 11.1 Å². The van der Waals surface area contributed by atoms with Crippen molar-refractivity contribution < 1.29 is 9.13 Å². The molecule has 1 heterocycles. The quantitative estimate of drug-likeness (QED) is 0.489. The molecular formula is C23H22Cl2FN3O. The summed E-state index contributed by atoms with van der Waals surface area (Å²) in [6, 6.07) is 10.9. The van der Waals surface area contributed by atoms with Gasteiger partial charge < -0.3 is 16.2 Å². The average molecular weight is 446 g/mol. The molecule has 0 aliphatic heterocycles. The molecule has 30 heavy (non-hydrogen) atoms. The fourth-order valence-electron chi connectivity index (χ4n) is 3.94. The first-order chi connectivity index (χ1) is 14.3. The molecule has 156 valence electrons. The summed E-state index contributed by atoms with van der Waals surface area (Å²) in [5, 5.41) is 0.252. The Morgan fingerprint density at radius 3 is 2.70 bits per heavy atom. The van der Waals surface area contributed by atoms with E-state index in [0.717, 1.165) is 17.5 Å². The van der Waals surface area contributed by atoms with Crippen molar-refractivity contribution in [2.24, 2.45) is 5.73 Å². The SMILES string of the molecule is CC1c2ccc(-c3cnc(N)c(O[C@H](C)c4c(Cl)ccc(F)c4Cl)c3)cc2CC1N. The average Bonchev–Trinajstić information content (AvgIpc) is 3.00. The van der Waals surface area contributed by atoms with Crippen LogP contribution in [0.5, 0.6) is 5.75 Å². The normalized spacial score (nSPS) is 18.9. The molecule has 2 unspecified atom stereocenters. The second kappa shape index (κ2) is 8.06. The fraction of sp³-hybridized carbons (Fsp3) is 0.261. The van der Waals surface area contributed by atoms with E-state index in [-0.39, 0.29) is 16.9 Å². The first-order valence-electron chi connectivity index (χ1n) is 9.70. The maximum atomic E-state index is 13.9. The van der Waals surface area contributed by atoms with E-state index in [2.05, 4.69) is 24.0 Å². The number of aromatic nitrogens is 1. The van der Waals surface area contributed by atoms with Crippen LogP contribution in [0, 0.1) is 5.82 Å². The Morgan fingerprint density at radius 1 is 1.17 bits per heavy atom. The third-order valence-corrected chi connectivity index (χ3v) is 6.45.